The monoisotopic (exact) mass is 355 g/mol. The van der Waals surface area contributed by atoms with Gasteiger partial charge in [-0.25, -0.2) is 13.8 Å². The van der Waals surface area contributed by atoms with E-state index in [1.165, 1.54) is 31.2 Å². The van der Waals surface area contributed by atoms with Crippen LogP contribution in [0.3, 0.4) is 0 Å². The molecule has 1 N–H and O–H groups in total. The molecule has 0 bridgehead atoms. The number of aromatic nitrogens is 4. The minimum atomic E-state index is -0.931. The lowest BCUT2D eigenvalue weighted by Crippen LogP contribution is -2.34. The third kappa shape index (κ3) is 3.39. The van der Waals surface area contributed by atoms with E-state index < -0.39 is 23.3 Å². The van der Waals surface area contributed by atoms with E-state index in [9.17, 15) is 14.0 Å². The fourth-order valence-corrected chi connectivity index (χ4v) is 2.58. The summed E-state index contributed by atoms with van der Waals surface area (Å²) in [5.41, 5.74) is 1.27. The van der Waals surface area contributed by atoms with Crippen molar-refractivity contribution in [2.24, 2.45) is 0 Å². The Bertz CT molecular complexity index is 1020. The molecule has 8 heteroatoms. The molecule has 134 valence electrons. The van der Waals surface area contributed by atoms with Crippen LogP contribution < -0.4 is 10.9 Å². The molecule has 0 aliphatic rings. The van der Waals surface area contributed by atoms with Crippen molar-refractivity contribution in [2.75, 3.05) is 5.32 Å². The first-order valence-corrected chi connectivity index (χ1v) is 8.05. The van der Waals surface area contributed by atoms with Crippen LogP contribution in [0.15, 0.2) is 47.3 Å². The van der Waals surface area contributed by atoms with Crippen molar-refractivity contribution in [3.63, 3.8) is 0 Å². The molecule has 0 spiro atoms. The fraction of sp³-hybridized carbons (Fsp3) is 0.222. The van der Waals surface area contributed by atoms with E-state index in [0.717, 1.165) is 16.1 Å². The number of para-hydroxylation sites is 1. The van der Waals surface area contributed by atoms with Crippen molar-refractivity contribution in [1.82, 2.24) is 19.6 Å². The molecular formula is C18H18FN5O2. The van der Waals surface area contributed by atoms with Crippen LogP contribution in [0.2, 0.25) is 0 Å². The Morgan fingerprint density at radius 1 is 1.15 bits per heavy atom. The van der Waals surface area contributed by atoms with Crippen molar-refractivity contribution >= 4 is 11.6 Å². The van der Waals surface area contributed by atoms with Gasteiger partial charge in [0.15, 0.2) is 5.82 Å². The topological polar surface area (TPSA) is 81.8 Å². The predicted octanol–water partition coefficient (Wildman–Crippen LogP) is 2.38. The van der Waals surface area contributed by atoms with Crippen LogP contribution >= 0.6 is 0 Å². The molecular weight excluding hydrogens is 337 g/mol. The van der Waals surface area contributed by atoms with E-state index in [4.69, 9.17) is 0 Å². The molecule has 2 aromatic heterocycles. The van der Waals surface area contributed by atoms with Gasteiger partial charge in [0.2, 0.25) is 5.91 Å². The van der Waals surface area contributed by atoms with Gasteiger partial charge < -0.3 is 5.32 Å². The van der Waals surface area contributed by atoms with Crippen molar-refractivity contribution in [1.29, 1.82) is 0 Å². The SMILES string of the molecule is Cc1cc(C)n(-c2ccc(=O)n(C(C)C(=O)Nc3ccccc3F)n2)n1. The van der Waals surface area contributed by atoms with Crippen LogP contribution in [0.4, 0.5) is 10.1 Å². The van der Waals surface area contributed by atoms with Gasteiger partial charge in [0.05, 0.1) is 11.4 Å². The lowest BCUT2D eigenvalue weighted by Gasteiger charge is -2.15. The molecule has 0 saturated heterocycles. The highest BCUT2D eigenvalue weighted by atomic mass is 19.1. The quantitative estimate of drug-likeness (QED) is 0.779. The first-order valence-electron chi connectivity index (χ1n) is 8.05. The Labute approximate surface area is 149 Å². The van der Waals surface area contributed by atoms with E-state index in [2.05, 4.69) is 15.5 Å². The largest absolute Gasteiger partial charge is 0.322 e. The summed E-state index contributed by atoms with van der Waals surface area (Å²) < 4.78 is 16.4. The Kier molecular flexibility index (Phi) is 4.66. The molecule has 0 saturated carbocycles. The number of nitrogens with one attached hydrogen (secondary N) is 1. The number of amides is 1. The van der Waals surface area contributed by atoms with Crippen LogP contribution in [0, 0.1) is 19.7 Å². The number of carbonyl (C=O) groups excluding carboxylic acids is 1. The normalized spacial score (nSPS) is 12.0. The average Bonchev–Trinajstić information content (AvgIpc) is 2.95. The predicted molar refractivity (Wildman–Crippen MR) is 94.8 cm³/mol. The van der Waals surface area contributed by atoms with Gasteiger partial charge in [-0.2, -0.15) is 5.10 Å². The first-order chi connectivity index (χ1) is 12.4. The number of benzene rings is 1. The molecule has 0 aliphatic carbocycles. The van der Waals surface area contributed by atoms with Gasteiger partial charge >= 0.3 is 0 Å². The van der Waals surface area contributed by atoms with Gasteiger partial charge in [-0.3, -0.25) is 9.59 Å². The van der Waals surface area contributed by atoms with Crippen LogP contribution in [0.5, 0.6) is 0 Å². The standard InChI is InChI=1S/C18H18FN5O2/c1-11-10-12(2)23(21-11)16-8-9-17(25)24(22-16)13(3)18(26)20-15-7-5-4-6-14(15)19/h4-10,13H,1-3H3,(H,20,26). The van der Waals surface area contributed by atoms with Crippen molar-refractivity contribution in [2.45, 2.75) is 26.8 Å². The fourth-order valence-electron chi connectivity index (χ4n) is 2.58. The smallest absolute Gasteiger partial charge is 0.267 e. The third-order valence-corrected chi connectivity index (χ3v) is 3.92. The number of halogens is 1. The number of rotatable bonds is 4. The first kappa shape index (κ1) is 17.5. The van der Waals surface area contributed by atoms with E-state index in [0.29, 0.717) is 5.82 Å². The molecule has 26 heavy (non-hydrogen) atoms. The van der Waals surface area contributed by atoms with Gasteiger partial charge in [0, 0.05) is 11.8 Å². The second-order valence-corrected chi connectivity index (χ2v) is 5.96. The number of hydrogen-bond acceptors (Lipinski definition) is 4. The van der Waals surface area contributed by atoms with Crippen LogP contribution in [-0.2, 0) is 4.79 Å². The van der Waals surface area contributed by atoms with E-state index in [1.807, 2.05) is 19.9 Å². The average molecular weight is 355 g/mol. The second kappa shape index (κ2) is 6.91. The molecule has 0 aliphatic heterocycles. The molecule has 3 rings (SSSR count). The molecule has 2 heterocycles. The van der Waals surface area contributed by atoms with E-state index >= 15 is 0 Å². The molecule has 1 aromatic carbocycles. The maximum Gasteiger partial charge on any atom is 0.267 e. The number of carbonyl (C=O) groups is 1. The summed E-state index contributed by atoms with van der Waals surface area (Å²) in [7, 11) is 0. The summed E-state index contributed by atoms with van der Waals surface area (Å²) in [5, 5.41) is 11.0. The molecule has 0 radical (unpaired) electrons. The van der Waals surface area contributed by atoms with Crippen LogP contribution in [-0.4, -0.2) is 25.5 Å². The second-order valence-electron chi connectivity index (χ2n) is 5.96. The summed E-state index contributed by atoms with van der Waals surface area (Å²) in [6.45, 7) is 5.24. The highest BCUT2D eigenvalue weighted by Gasteiger charge is 2.19. The van der Waals surface area contributed by atoms with Crippen molar-refractivity contribution < 1.29 is 9.18 Å². The van der Waals surface area contributed by atoms with Gasteiger partial charge in [0.1, 0.15) is 11.9 Å². The third-order valence-electron chi connectivity index (χ3n) is 3.92. The lowest BCUT2D eigenvalue weighted by atomic mass is 10.2. The van der Waals surface area contributed by atoms with E-state index in [-0.39, 0.29) is 5.69 Å². The van der Waals surface area contributed by atoms with Gasteiger partial charge in [-0.1, -0.05) is 12.1 Å². The summed E-state index contributed by atoms with van der Waals surface area (Å²) in [6.07, 6.45) is 0. The Hall–Kier alpha value is -3.29. The molecule has 1 amide bonds. The highest BCUT2D eigenvalue weighted by molar-refractivity contribution is 5.93. The van der Waals surface area contributed by atoms with Crippen molar-refractivity contribution in [3.8, 4) is 5.82 Å². The summed E-state index contributed by atoms with van der Waals surface area (Å²) in [5.74, 6) is -0.680. The number of aryl methyl sites for hydroxylation is 2. The Morgan fingerprint density at radius 2 is 1.88 bits per heavy atom. The molecule has 7 nitrogen and oxygen atoms in total. The van der Waals surface area contributed by atoms with Gasteiger partial charge in [-0.15, -0.1) is 5.10 Å². The van der Waals surface area contributed by atoms with Gasteiger partial charge in [-0.05, 0) is 45.0 Å². The highest BCUT2D eigenvalue weighted by Crippen LogP contribution is 2.15. The van der Waals surface area contributed by atoms with Gasteiger partial charge in [0.25, 0.3) is 5.56 Å². The molecule has 3 aromatic rings. The number of hydrogen-bond donors (Lipinski definition) is 1. The maximum absolute atomic E-state index is 13.7. The summed E-state index contributed by atoms with van der Waals surface area (Å²) in [6, 6.07) is 9.64. The summed E-state index contributed by atoms with van der Waals surface area (Å²) in [4.78, 5) is 24.6. The molecule has 0 fully saturated rings. The minimum absolute atomic E-state index is 0.0482. The molecule has 1 atom stereocenters. The number of nitrogens with zero attached hydrogens (tertiary/aromatic N) is 4. The molecule has 1 unspecified atom stereocenters. The van der Waals surface area contributed by atoms with Crippen molar-refractivity contribution in [3.05, 3.63) is 70.0 Å². The Balaban J connectivity index is 1.91. The maximum atomic E-state index is 13.7. The minimum Gasteiger partial charge on any atom is -0.322 e. The van der Waals surface area contributed by atoms with Crippen LogP contribution in [0.1, 0.15) is 24.4 Å². The van der Waals surface area contributed by atoms with Crippen LogP contribution in [0.25, 0.3) is 5.82 Å². The zero-order valence-corrected chi connectivity index (χ0v) is 14.6. The Morgan fingerprint density at radius 3 is 2.54 bits per heavy atom. The zero-order chi connectivity index (χ0) is 18.8. The summed E-state index contributed by atoms with van der Waals surface area (Å²) >= 11 is 0. The lowest BCUT2D eigenvalue weighted by molar-refractivity contribution is -0.119. The number of anilines is 1. The zero-order valence-electron chi connectivity index (χ0n) is 14.6. The van der Waals surface area contributed by atoms with E-state index in [1.54, 1.807) is 16.8 Å².